The van der Waals surface area contributed by atoms with Crippen LogP contribution in [0.3, 0.4) is 0 Å². The van der Waals surface area contributed by atoms with Gasteiger partial charge in [-0.2, -0.15) is 5.10 Å². The Morgan fingerprint density at radius 2 is 1.20 bits per heavy atom. The minimum atomic E-state index is 0.257. The Morgan fingerprint density at radius 1 is 0.543 bits per heavy atom. The number of aromatic nitrogens is 6. The van der Waals surface area contributed by atoms with Crippen LogP contribution in [0.5, 0.6) is 0 Å². The monoisotopic (exact) mass is 614 g/mol. The van der Waals surface area contributed by atoms with Crippen molar-refractivity contribution in [3.05, 3.63) is 134 Å². The third-order valence-electron chi connectivity index (χ3n) is 8.11. The molecule has 0 saturated heterocycles. The zero-order valence-corrected chi connectivity index (χ0v) is 24.9. The predicted octanol–water partition coefficient (Wildman–Crippen LogP) is 9.34. The highest BCUT2D eigenvalue weighted by atomic mass is 32.1. The second-order valence-electron chi connectivity index (χ2n) is 10.7. The van der Waals surface area contributed by atoms with Gasteiger partial charge in [0.1, 0.15) is 0 Å². The highest BCUT2D eigenvalue weighted by Gasteiger charge is 2.28. The van der Waals surface area contributed by atoms with Gasteiger partial charge in [-0.15, -0.1) is 31.7 Å². The molecule has 0 aliphatic heterocycles. The molecule has 0 unspecified atom stereocenters. The van der Waals surface area contributed by atoms with E-state index >= 15 is 0 Å². The lowest BCUT2D eigenvalue weighted by atomic mass is 9.99. The fourth-order valence-electron chi connectivity index (χ4n) is 5.99. The van der Waals surface area contributed by atoms with Crippen LogP contribution in [0.25, 0.3) is 82.4 Å². The van der Waals surface area contributed by atoms with E-state index in [0.717, 1.165) is 28.1 Å². The van der Waals surface area contributed by atoms with E-state index < -0.39 is 0 Å². The zero-order chi connectivity index (χ0) is 30.5. The third-order valence-corrected chi connectivity index (χ3v) is 9.33. The van der Waals surface area contributed by atoms with Crippen LogP contribution in [-0.2, 0) is 0 Å². The summed E-state index contributed by atoms with van der Waals surface area (Å²) in [5.41, 5.74) is 8.27. The predicted molar refractivity (Wildman–Crippen MR) is 179 cm³/mol. The van der Waals surface area contributed by atoms with Gasteiger partial charge in [-0.1, -0.05) is 103 Å². The fraction of sp³-hybridized carbons (Fsp3) is 0. The SMILES string of the molecule is c1ccc(-c2c(-c3nnco3)c(-c3nnco3)nn2-c2ccc(-c3ccc(-c4cccc5c4sc4ccccc45)cc3)cc2)cc1. The first-order valence-corrected chi connectivity index (χ1v) is 15.5. The minimum Gasteiger partial charge on any atom is -0.423 e. The highest BCUT2D eigenvalue weighted by molar-refractivity contribution is 7.26. The number of hydrogen-bond donors (Lipinski definition) is 0. The molecule has 8 nitrogen and oxygen atoms in total. The fourth-order valence-corrected chi connectivity index (χ4v) is 7.23. The normalized spacial score (nSPS) is 11.5. The van der Waals surface area contributed by atoms with Crippen molar-refractivity contribution in [2.45, 2.75) is 0 Å². The number of fused-ring (bicyclic) bond motifs is 3. The Labute approximate surface area is 266 Å². The molecule has 0 saturated carbocycles. The molecule has 46 heavy (non-hydrogen) atoms. The largest absolute Gasteiger partial charge is 0.423 e. The summed E-state index contributed by atoms with van der Waals surface area (Å²) in [4.78, 5) is 0. The van der Waals surface area contributed by atoms with Crippen LogP contribution in [0.1, 0.15) is 0 Å². The molecular formula is C37H22N6O2S. The zero-order valence-electron chi connectivity index (χ0n) is 24.1. The van der Waals surface area contributed by atoms with Gasteiger partial charge < -0.3 is 8.83 Å². The van der Waals surface area contributed by atoms with Crippen LogP contribution in [0, 0.1) is 0 Å². The van der Waals surface area contributed by atoms with Crippen molar-refractivity contribution in [3.8, 4) is 62.2 Å². The van der Waals surface area contributed by atoms with E-state index in [1.54, 1.807) is 0 Å². The third kappa shape index (κ3) is 4.33. The first kappa shape index (κ1) is 26.2. The lowest BCUT2D eigenvalue weighted by molar-refractivity contribution is 0.560. The van der Waals surface area contributed by atoms with Gasteiger partial charge >= 0.3 is 0 Å². The first-order valence-electron chi connectivity index (χ1n) is 14.6. The Kier molecular flexibility index (Phi) is 6.14. The summed E-state index contributed by atoms with van der Waals surface area (Å²) < 4.78 is 15.7. The van der Waals surface area contributed by atoms with E-state index in [1.807, 2.05) is 46.4 Å². The van der Waals surface area contributed by atoms with E-state index in [2.05, 4.69) is 111 Å². The first-order chi connectivity index (χ1) is 22.8. The maximum absolute atomic E-state index is 5.66. The maximum atomic E-state index is 5.66. The lowest BCUT2D eigenvalue weighted by Gasteiger charge is -2.11. The van der Waals surface area contributed by atoms with Gasteiger partial charge in [0.25, 0.3) is 11.8 Å². The smallest absolute Gasteiger partial charge is 0.268 e. The van der Waals surface area contributed by atoms with Crippen molar-refractivity contribution >= 4 is 31.5 Å². The Bertz CT molecular complexity index is 2450. The summed E-state index contributed by atoms with van der Waals surface area (Å²) >= 11 is 1.85. The molecule has 0 amide bonds. The molecule has 0 radical (unpaired) electrons. The van der Waals surface area contributed by atoms with Gasteiger partial charge in [0.05, 0.1) is 16.9 Å². The summed E-state index contributed by atoms with van der Waals surface area (Å²) in [6.45, 7) is 0. The lowest BCUT2D eigenvalue weighted by Crippen LogP contribution is -1.99. The van der Waals surface area contributed by atoms with E-state index in [9.17, 15) is 0 Å². The summed E-state index contributed by atoms with van der Waals surface area (Å²) in [5.74, 6) is 0.563. The molecule has 0 N–H and O–H groups in total. The van der Waals surface area contributed by atoms with Crippen molar-refractivity contribution in [1.29, 1.82) is 0 Å². The number of thiophene rings is 1. The molecule has 9 heteroatoms. The van der Waals surface area contributed by atoms with E-state index in [0.29, 0.717) is 17.1 Å². The Balaban J connectivity index is 1.11. The van der Waals surface area contributed by atoms with Gasteiger partial charge in [-0.25, -0.2) is 4.68 Å². The van der Waals surface area contributed by atoms with Gasteiger partial charge in [-0.05, 0) is 40.5 Å². The summed E-state index contributed by atoms with van der Waals surface area (Å²) in [7, 11) is 0. The number of benzene rings is 5. The molecule has 5 aromatic carbocycles. The van der Waals surface area contributed by atoms with Crippen LogP contribution in [0.2, 0.25) is 0 Å². The molecule has 0 bridgehead atoms. The van der Waals surface area contributed by atoms with E-state index in [-0.39, 0.29) is 5.89 Å². The molecule has 4 aromatic heterocycles. The van der Waals surface area contributed by atoms with E-state index in [4.69, 9.17) is 13.9 Å². The van der Waals surface area contributed by atoms with Crippen molar-refractivity contribution in [3.63, 3.8) is 0 Å². The van der Waals surface area contributed by atoms with Gasteiger partial charge in [0.2, 0.25) is 12.8 Å². The molecule has 0 aliphatic rings. The average Bonchev–Trinajstić information content (AvgIpc) is 3.94. The molecule has 0 atom stereocenters. The number of hydrogen-bond acceptors (Lipinski definition) is 8. The molecule has 0 fully saturated rings. The standard InChI is InChI=1S/C37H22N6O2S/c1-2-7-26(8-3-1)34-32(36-40-38-21-44-36)33(37-41-39-22-45-37)42-43(34)27-19-17-24(18-20-27)23-13-15-25(16-14-23)28-10-6-11-30-29-9-4-5-12-31(29)46-35(28)30/h1-22H. The summed E-state index contributed by atoms with van der Waals surface area (Å²) in [6.07, 6.45) is 2.57. The average molecular weight is 615 g/mol. The van der Waals surface area contributed by atoms with Crippen LogP contribution in [-0.4, -0.2) is 30.2 Å². The van der Waals surface area contributed by atoms with Crippen molar-refractivity contribution in [1.82, 2.24) is 30.2 Å². The van der Waals surface area contributed by atoms with Crippen LogP contribution in [0.15, 0.2) is 143 Å². The molecule has 0 spiro atoms. The van der Waals surface area contributed by atoms with Crippen molar-refractivity contribution < 1.29 is 8.83 Å². The minimum absolute atomic E-state index is 0.257. The van der Waals surface area contributed by atoms with Gasteiger partial charge in [-0.3, -0.25) is 0 Å². The van der Waals surface area contributed by atoms with Gasteiger partial charge in [0.15, 0.2) is 5.69 Å². The van der Waals surface area contributed by atoms with Crippen LogP contribution in [0.4, 0.5) is 0 Å². The molecule has 9 rings (SSSR count). The molecule has 218 valence electrons. The van der Waals surface area contributed by atoms with Crippen LogP contribution < -0.4 is 0 Å². The molecular weight excluding hydrogens is 593 g/mol. The summed E-state index contributed by atoms with van der Waals surface area (Å²) in [6, 6.07) is 42.2. The number of rotatable bonds is 6. The Morgan fingerprint density at radius 3 is 1.93 bits per heavy atom. The molecule has 4 heterocycles. The molecule has 0 aliphatic carbocycles. The maximum Gasteiger partial charge on any atom is 0.268 e. The number of nitrogens with zero attached hydrogens (tertiary/aromatic N) is 6. The summed E-state index contributed by atoms with van der Waals surface area (Å²) in [5, 5.41) is 23.7. The Hall–Kier alpha value is -6.19. The van der Waals surface area contributed by atoms with E-state index in [1.165, 1.54) is 44.1 Å². The second kappa shape index (κ2) is 10.8. The second-order valence-corrected chi connectivity index (χ2v) is 11.8. The van der Waals surface area contributed by atoms with Crippen LogP contribution >= 0.6 is 11.3 Å². The van der Waals surface area contributed by atoms with Crippen molar-refractivity contribution in [2.75, 3.05) is 0 Å². The van der Waals surface area contributed by atoms with Gasteiger partial charge in [0, 0.05) is 25.7 Å². The van der Waals surface area contributed by atoms with Crippen molar-refractivity contribution in [2.24, 2.45) is 0 Å². The molecule has 9 aromatic rings. The topological polar surface area (TPSA) is 95.7 Å². The quantitative estimate of drug-likeness (QED) is 0.184. The highest BCUT2D eigenvalue weighted by Crippen LogP contribution is 2.41.